The van der Waals surface area contributed by atoms with Gasteiger partial charge < -0.3 is 10.4 Å². The summed E-state index contributed by atoms with van der Waals surface area (Å²) < 4.78 is 13.1. The highest BCUT2D eigenvalue weighted by atomic mass is 35.5. The van der Waals surface area contributed by atoms with E-state index in [0.29, 0.717) is 6.42 Å². The second-order valence-corrected chi connectivity index (χ2v) is 5.91. The molecule has 1 aromatic rings. The third-order valence-corrected chi connectivity index (χ3v) is 4.49. The van der Waals surface area contributed by atoms with Crippen molar-refractivity contribution in [3.05, 3.63) is 34.6 Å². The molecular formula is C15H17ClFNO3. The van der Waals surface area contributed by atoms with Crippen LogP contribution >= 0.6 is 11.6 Å². The molecular weight excluding hydrogens is 297 g/mol. The van der Waals surface area contributed by atoms with Gasteiger partial charge in [0.15, 0.2) is 0 Å². The fourth-order valence-corrected chi connectivity index (χ4v) is 3.00. The summed E-state index contributed by atoms with van der Waals surface area (Å²) in [5.41, 5.74) is -1.12. The van der Waals surface area contributed by atoms with Gasteiger partial charge in [-0.3, -0.25) is 4.79 Å². The van der Waals surface area contributed by atoms with Crippen LogP contribution in [0.5, 0.6) is 0 Å². The van der Waals surface area contributed by atoms with Gasteiger partial charge in [-0.05, 0) is 37.0 Å². The molecule has 0 bridgehead atoms. The van der Waals surface area contributed by atoms with Crippen molar-refractivity contribution >= 4 is 23.5 Å². The Morgan fingerprint density at radius 3 is 2.71 bits per heavy atom. The van der Waals surface area contributed by atoms with Gasteiger partial charge in [-0.1, -0.05) is 31.4 Å². The first-order valence-electron chi connectivity index (χ1n) is 6.88. The molecule has 2 rings (SSSR count). The first kappa shape index (κ1) is 15.8. The topological polar surface area (TPSA) is 66.4 Å². The Balaban J connectivity index is 2.26. The van der Waals surface area contributed by atoms with Crippen LogP contribution < -0.4 is 5.32 Å². The molecule has 0 heterocycles. The largest absolute Gasteiger partial charge is 0.479 e. The van der Waals surface area contributed by atoms with Gasteiger partial charge in [0, 0.05) is 5.56 Å². The Labute approximate surface area is 127 Å². The van der Waals surface area contributed by atoms with Gasteiger partial charge in [-0.15, -0.1) is 0 Å². The average molecular weight is 314 g/mol. The minimum atomic E-state index is -1.27. The lowest BCUT2D eigenvalue weighted by atomic mass is 9.73. The van der Waals surface area contributed by atoms with Crippen LogP contribution in [0, 0.1) is 11.7 Å². The van der Waals surface area contributed by atoms with Crippen LogP contribution in [0.3, 0.4) is 0 Å². The van der Waals surface area contributed by atoms with E-state index >= 15 is 0 Å². The molecule has 1 fully saturated rings. The molecule has 21 heavy (non-hydrogen) atoms. The Bertz CT molecular complexity index is 578. The van der Waals surface area contributed by atoms with Gasteiger partial charge in [-0.25, -0.2) is 9.18 Å². The van der Waals surface area contributed by atoms with Crippen LogP contribution in [0.4, 0.5) is 4.39 Å². The van der Waals surface area contributed by atoms with E-state index in [1.807, 2.05) is 6.92 Å². The van der Waals surface area contributed by atoms with E-state index in [-0.39, 0.29) is 16.5 Å². The molecule has 114 valence electrons. The molecule has 1 aromatic carbocycles. The van der Waals surface area contributed by atoms with Gasteiger partial charge in [0.1, 0.15) is 11.4 Å². The molecule has 1 aliphatic carbocycles. The van der Waals surface area contributed by atoms with Crippen molar-refractivity contribution in [1.82, 2.24) is 5.32 Å². The smallest absolute Gasteiger partial charge is 0.329 e. The summed E-state index contributed by atoms with van der Waals surface area (Å²) in [6.45, 7) is 1.82. The lowest BCUT2D eigenvalue weighted by Gasteiger charge is -2.39. The van der Waals surface area contributed by atoms with E-state index in [1.165, 1.54) is 12.1 Å². The number of carboxylic acids is 1. The number of aliphatic carboxylic acids is 1. The van der Waals surface area contributed by atoms with Crippen molar-refractivity contribution in [3.8, 4) is 0 Å². The van der Waals surface area contributed by atoms with Gasteiger partial charge in [0.05, 0.1) is 5.02 Å². The number of halogens is 2. The molecule has 1 saturated carbocycles. The quantitative estimate of drug-likeness (QED) is 0.900. The molecule has 2 atom stereocenters. The van der Waals surface area contributed by atoms with Gasteiger partial charge in [0.25, 0.3) is 5.91 Å². The fraction of sp³-hybridized carbons (Fsp3) is 0.467. The summed E-state index contributed by atoms with van der Waals surface area (Å²) in [7, 11) is 0. The summed E-state index contributed by atoms with van der Waals surface area (Å²) in [5.74, 6) is -2.36. The van der Waals surface area contributed by atoms with Crippen LogP contribution in [0.25, 0.3) is 0 Å². The normalized spacial score (nSPS) is 25.4. The van der Waals surface area contributed by atoms with E-state index in [0.717, 1.165) is 25.3 Å². The minimum Gasteiger partial charge on any atom is -0.479 e. The molecule has 0 saturated heterocycles. The molecule has 0 spiro atoms. The summed E-state index contributed by atoms with van der Waals surface area (Å²) in [5, 5.41) is 12.0. The Morgan fingerprint density at radius 2 is 2.14 bits per heavy atom. The van der Waals surface area contributed by atoms with Crippen LogP contribution in [0.2, 0.25) is 5.02 Å². The molecule has 1 aliphatic rings. The van der Waals surface area contributed by atoms with E-state index in [4.69, 9.17) is 11.6 Å². The lowest BCUT2D eigenvalue weighted by molar-refractivity contribution is -0.148. The minimum absolute atomic E-state index is 0.153. The van der Waals surface area contributed by atoms with Crippen LogP contribution in [-0.4, -0.2) is 22.5 Å². The first-order valence-corrected chi connectivity index (χ1v) is 7.25. The van der Waals surface area contributed by atoms with Crippen molar-refractivity contribution in [2.45, 2.75) is 38.1 Å². The van der Waals surface area contributed by atoms with Crippen LogP contribution in [0.15, 0.2) is 18.2 Å². The summed E-state index contributed by atoms with van der Waals surface area (Å²) in [6.07, 6.45) is 2.84. The number of carbonyl (C=O) groups excluding carboxylic acids is 1. The maximum Gasteiger partial charge on any atom is 0.329 e. The van der Waals surface area contributed by atoms with Crippen LogP contribution in [0.1, 0.15) is 43.0 Å². The third-order valence-electron chi connectivity index (χ3n) is 4.20. The molecule has 0 aromatic heterocycles. The van der Waals surface area contributed by atoms with E-state index in [1.54, 1.807) is 0 Å². The summed E-state index contributed by atoms with van der Waals surface area (Å²) >= 11 is 5.66. The second-order valence-electron chi connectivity index (χ2n) is 5.51. The summed E-state index contributed by atoms with van der Waals surface area (Å²) in [6, 6.07) is 3.59. The van der Waals surface area contributed by atoms with Crippen molar-refractivity contribution in [2.75, 3.05) is 0 Å². The number of hydrogen-bond donors (Lipinski definition) is 2. The molecule has 4 nitrogen and oxygen atoms in total. The Hall–Kier alpha value is -1.62. The molecule has 2 N–H and O–H groups in total. The van der Waals surface area contributed by atoms with E-state index in [9.17, 15) is 19.1 Å². The highest BCUT2D eigenvalue weighted by molar-refractivity contribution is 6.31. The standard InChI is InChI=1S/C15H17ClFNO3/c1-9-4-2-3-7-15(9,14(20)21)18-13(19)10-5-6-12(17)11(16)8-10/h5-6,8-9H,2-4,7H2,1H3,(H,18,19)(H,20,21). The zero-order valence-electron chi connectivity index (χ0n) is 11.7. The average Bonchev–Trinajstić information content (AvgIpc) is 2.44. The molecule has 2 unspecified atom stereocenters. The predicted molar refractivity (Wildman–Crippen MR) is 76.9 cm³/mol. The highest BCUT2D eigenvalue weighted by Gasteiger charge is 2.46. The number of carboxylic acid groups (broad SMARTS) is 1. The number of hydrogen-bond acceptors (Lipinski definition) is 2. The SMILES string of the molecule is CC1CCCCC1(NC(=O)c1ccc(F)c(Cl)c1)C(=O)O. The third kappa shape index (κ3) is 3.02. The second kappa shape index (κ2) is 6.02. The van der Waals surface area contributed by atoms with Gasteiger partial charge in [-0.2, -0.15) is 0 Å². The van der Waals surface area contributed by atoms with Crippen molar-refractivity contribution in [1.29, 1.82) is 0 Å². The molecule has 0 radical (unpaired) electrons. The van der Waals surface area contributed by atoms with E-state index in [2.05, 4.69) is 5.32 Å². The van der Waals surface area contributed by atoms with E-state index < -0.39 is 23.2 Å². The Morgan fingerprint density at radius 1 is 1.43 bits per heavy atom. The highest BCUT2D eigenvalue weighted by Crippen LogP contribution is 2.34. The molecule has 1 amide bonds. The summed E-state index contributed by atoms with van der Waals surface area (Å²) in [4.78, 5) is 23.9. The van der Waals surface area contributed by atoms with Gasteiger partial charge >= 0.3 is 5.97 Å². The zero-order valence-corrected chi connectivity index (χ0v) is 12.4. The Kier molecular flexibility index (Phi) is 4.52. The zero-order chi connectivity index (χ0) is 15.6. The molecule has 0 aliphatic heterocycles. The maximum absolute atomic E-state index is 13.1. The first-order chi connectivity index (χ1) is 9.86. The number of benzene rings is 1. The van der Waals surface area contributed by atoms with Crippen LogP contribution in [-0.2, 0) is 4.79 Å². The van der Waals surface area contributed by atoms with Crippen molar-refractivity contribution in [3.63, 3.8) is 0 Å². The molecule has 6 heteroatoms. The number of carbonyl (C=O) groups is 2. The maximum atomic E-state index is 13.1. The van der Waals surface area contributed by atoms with Crippen molar-refractivity contribution in [2.24, 2.45) is 5.92 Å². The lowest BCUT2D eigenvalue weighted by Crippen LogP contribution is -2.60. The van der Waals surface area contributed by atoms with Crippen molar-refractivity contribution < 1.29 is 19.1 Å². The predicted octanol–water partition coefficient (Wildman–Crippen LogP) is 3.24. The monoisotopic (exact) mass is 313 g/mol. The fourth-order valence-electron chi connectivity index (χ4n) is 2.82. The van der Waals surface area contributed by atoms with Gasteiger partial charge in [0.2, 0.25) is 0 Å². The number of amides is 1. The number of rotatable bonds is 3. The number of nitrogens with one attached hydrogen (secondary N) is 1.